The Hall–Kier alpha value is -2.67. The maximum Gasteiger partial charge on any atom is 0.240 e. The maximum atomic E-state index is 12.7. The van der Waals surface area contributed by atoms with Gasteiger partial charge in [-0.15, -0.1) is 11.8 Å². The van der Waals surface area contributed by atoms with E-state index in [1.807, 2.05) is 49.4 Å². The van der Waals surface area contributed by atoms with Crippen molar-refractivity contribution >= 4 is 29.3 Å². The molecule has 0 unspecified atom stereocenters. The van der Waals surface area contributed by atoms with Crippen LogP contribution in [-0.4, -0.2) is 44.4 Å². The van der Waals surface area contributed by atoms with Gasteiger partial charge in [0.25, 0.3) is 0 Å². The van der Waals surface area contributed by atoms with Crippen molar-refractivity contribution in [3.63, 3.8) is 0 Å². The molecule has 0 radical (unpaired) electrons. The molecule has 154 valence electrons. The van der Waals surface area contributed by atoms with Crippen LogP contribution in [0.2, 0.25) is 0 Å². The van der Waals surface area contributed by atoms with Gasteiger partial charge in [-0.25, -0.2) is 0 Å². The van der Waals surface area contributed by atoms with Crippen LogP contribution in [0.25, 0.3) is 0 Å². The first-order chi connectivity index (χ1) is 14.0. The lowest BCUT2D eigenvalue weighted by Crippen LogP contribution is -2.41. The highest BCUT2D eigenvalue weighted by Crippen LogP contribution is 2.37. The SMILES string of the molecule is COc1ccc(CCNC(=O)CN2C(=O)C[C@@H](C)Sc3ccccc32)cc1OC. The first-order valence-corrected chi connectivity index (χ1v) is 10.4. The summed E-state index contributed by atoms with van der Waals surface area (Å²) < 4.78 is 10.6. The Bertz CT molecular complexity index is 887. The van der Waals surface area contributed by atoms with Crippen LogP contribution in [0, 0.1) is 0 Å². The fourth-order valence-corrected chi connectivity index (χ4v) is 4.40. The third-order valence-corrected chi connectivity index (χ3v) is 5.90. The fraction of sp³-hybridized carbons (Fsp3) is 0.364. The molecule has 0 aliphatic carbocycles. The minimum absolute atomic E-state index is 0.0229. The number of amides is 2. The first-order valence-electron chi connectivity index (χ1n) is 9.55. The van der Waals surface area contributed by atoms with E-state index in [1.54, 1.807) is 30.9 Å². The number of hydrogen-bond acceptors (Lipinski definition) is 5. The highest BCUT2D eigenvalue weighted by atomic mass is 32.2. The van der Waals surface area contributed by atoms with Gasteiger partial charge in [-0.1, -0.05) is 25.1 Å². The number of nitrogens with zero attached hydrogens (tertiary/aromatic N) is 1. The number of ether oxygens (including phenoxy) is 2. The summed E-state index contributed by atoms with van der Waals surface area (Å²) in [5.74, 6) is 1.14. The Kier molecular flexibility index (Phi) is 7.04. The van der Waals surface area contributed by atoms with Crippen LogP contribution in [0.15, 0.2) is 47.4 Å². The summed E-state index contributed by atoms with van der Waals surface area (Å²) in [6, 6.07) is 13.4. The number of carbonyl (C=O) groups is 2. The van der Waals surface area contributed by atoms with E-state index in [4.69, 9.17) is 9.47 Å². The molecular weight excluding hydrogens is 388 g/mol. The Labute approximate surface area is 175 Å². The van der Waals surface area contributed by atoms with Crippen molar-refractivity contribution in [2.75, 3.05) is 32.2 Å². The van der Waals surface area contributed by atoms with Crippen LogP contribution >= 0.6 is 11.8 Å². The van der Waals surface area contributed by atoms with Gasteiger partial charge in [-0.3, -0.25) is 9.59 Å². The normalized spacial score (nSPS) is 16.0. The standard InChI is InChI=1S/C22H26N2O4S/c1-15-12-22(26)24(17-6-4-5-7-20(17)29-15)14-21(25)23-11-10-16-8-9-18(27-2)19(13-16)28-3/h4-9,13,15H,10-12,14H2,1-3H3,(H,23,25)/t15-/m1/s1. The highest BCUT2D eigenvalue weighted by Gasteiger charge is 2.27. The monoisotopic (exact) mass is 414 g/mol. The molecule has 0 saturated carbocycles. The zero-order chi connectivity index (χ0) is 20.8. The Balaban J connectivity index is 1.60. The lowest BCUT2D eigenvalue weighted by Gasteiger charge is -2.22. The van der Waals surface area contributed by atoms with Gasteiger partial charge in [0.2, 0.25) is 11.8 Å². The minimum atomic E-state index is -0.173. The van der Waals surface area contributed by atoms with Crippen molar-refractivity contribution in [3.05, 3.63) is 48.0 Å². The average molecular weight is 415 g/mol. The second kappa shape index (κ2) is 9.69. The van der Waals surface area contributed by atoms with Crippen molar-refractivity contribution in [2.24, 2.45) is 0 Å². The molecule has 7 heteroatoms. The molecule has 1 aliphatic rings. The fourth-order valence-electron chi connectivity index (χ4n) is 3.28. The minimum Gasteiger partial charge on any atom is -0.493 e. The van der Waals surface area contributed by atoms with Gasteiger partial charge in [0.15, 0.2) is 11.5 Å². The summed E-state index contributed by atoms with van der Waals surface area (Å²) >= 11 is 1.67. The van der Waals surface area contributed by atoms with E-state index < -0.39 is 0 Å². The molecule has 2 aromatic carbocycles. The summed E-state index contributed by atoms with van der Waals surface area (Å²) in [7, 11) is 3.19. The Morgan fingerprint density at radius 2 is 1.93 bits per heavy atom. The molecule has 1 heterocycles. The van der Waals surface area contributed by atoms with Gasteiger partial charge in [0.1, 0.15) is 6.54 Å². The molecule has 6 nitrogen and oxygen atoms in total. The number of benzene rings is 2. The highest BCUT2D eigenvalue weighted by molar-refractivity contribution is 8.00. The number of thioether (sulfide) groups is 1. The zero-order valence-corrected chi connectivity index (χ0v) is 17.8. The van der Waals surface area contributed by atoms with E-state index in [2.05, 4.69) is 5.32 Å². The molecule has 0 aromatic heterocycles. The van der Waals surface area contributed by atoms with Crippen LogP contribution in [-0.2, 0) is 16.0 Å². The summed E-state index contributed by atoms with van der Waals surface area (Å²) in [5, 5.41) is 3.10. The number of rotatable bonds is 7. The van der Waals surface area contributed by atoms with Crippen molar-refractivity contribution in [2.45, 2.75) is 29.9 Å². The van der Waals surface area contributed by atoms with E-state index in [-0.39, 0.29) is 23.6 Å². The summed E-state index contributed by atoms with van der Waals surface area (Å²) in [6.45, 7) is 2.53. The number of anilines is 1. The number of para-hydroxylation sites is 1. The molecule has 0 saturated heterocycles. The molecule has 0 fully saturated rings. The summed E-state index contributed by atoms with van der Waals surface area (Å²) in [5.41, 5.74) is 1.84. The lowest BCUT2D eigenvalue weighted by atomic mass is 10.1. The van der Waals surface area contributed by atoms with E-state index >= 15 is 0 Å². The van der Waals surface area contributed by atoms with Crippen LogP contribution in [0.5, 0.6) is 11.5 Å². The number of hydrogen-bond donors (Lipinski definition) is 1. The van der Waals surface area contributed by atoms with Crippen LogP contribution < -0.4 is 19.7 Å². The quantitative estimate of drug-likeness (QED) is 0.753. The van der Waals surface area contributed by atoms with Gasteiger partial charge >= 0.3 is 0 Å². The number of nitrogens with one attached hydrogen (secondary N) is 1. The van der Waals surface area contributed by atoms with Gasteiger partial charge in [0.05, 0.1) is 19.9 Å². The molecule has 2 amide bonds. The number of fused-ring (bicyclic) bond motifs is 1. The Morgan fingerprint density at radius 3 is 2.69 bits per heavy atom. The molecular formula is C22H26N2O4S. The molecule has 0 bridgehead atoms. The van der Waals surface area contributed by atoms with Crippen LogP contribution in [0.4, 0.5) is 5.69 Å². The lowest BCUT2D eigenvalue weighted by molar-refractivity contribution is -0.123. The van der Waals surface area contributed by atoms with Crippen LogP contribution in [0.1, 0.15) is 18.9 Å². The molecule has 3 rings (SSSR count). The maximum absolute atomic E-state index is 12.7. The van der Waals surface area contributed by atoms with E-state index in [1.165, 1.54) is 0 Å². The second-order valence-corrected chi connectivity index (χ2v) is 8.35. The predicted molar refractivity (Wildman–Crippen MR) is 115 cm³/mol. The number of carbonyl (C=O) groups excluding carboxylic acids is 2. The van der Waals surface area contributed by atoms with E-state index in [0.29, 0.717) is 30.9 Å². The molecule has 2 aromatic rings. The molecule has 1 N–H and O–H groups in total. The molecule has 1 atom stereocenters. The van der Waals surface area contributed by atoms with Gasteiger partial charge in [-0.2, -0.15) is 0 Å². The average Bonchev–Trinajstić information content (AvgIpc) is 2.83. The van der Waals surface area contributed by atoms with E-state index in [9.17, 15) is 9.59 Å². The third-order valence-electron chi connectivity index (χ3n) is 4.73. The van der Waals surface area contributed by atoms with Crippen molar-refractivity contribution < 1.29 is 19.1 Å². The first kappa shape index (κ1) is 21.0. The topological polar surface area (TPSA) is 67.9 Å². The van der Waals surface area contributed by atoms with Crippen molar-refractivity contribution in [1.29, 1.82) is 0 Å². The van der Waals surface area contributed by atoms with Gasteiger partial charge in [-0.05, 0) is 36.2 Å². The smallest absolute Gasteiger partial charge is 0.240 e. The van der Waals surface area contributed by atoms with Crippen molar-refractivity contribution in [3.8, 4) is 11.5 Å². The third kappa shape index (κ3) is 5.23. The molecule has 29 heavy (non-hydrogen) atoms. The van der Waals surface area contributed by atoms with Gasteiger partial charge < -0.3 is 19.7 Å². The van der Waals surface area contributed by atoms with E-state index in [0.717, 1.165) is 16.1 Å². The summed E-state index contributed by atoms with van der Waals surface area (Å²) in [6.07, 6.45) is 1.07. The van der Waals surface area contributed by atoms with Crippen molar-refractivity contribution in [1.82, 2.24) is 5.32 Å². The molecule has 1 aliphatic heterocycles. The van der Waals surface area contributed by atoms with Crippen LogP contribution in [0.3, 0.4) is 0 Å². The Morgan fingerprint density at radius 1 is 1.17 bits per heavy atom. The summed E-state index contributed by atoms with van der Waals surface area (Å²) in [4.78, 5) is 27.8. The molecule has 0 spiro atoms. The van der Waals surface area contributed by atoms with Gasteiger partial charge in [0, 0.05) is 23.1 Å². The number of methoxy groups -OCH3 is 2. The second-order valence-electron chi connectivity index (χ2n) is 6.87. The largest absolute Gasteiger partial charge is 0.493 e. The zero-order valence-electron chi connectivity index (χ0n) is 16.9. The predicted octanol–water partition coefficient (Wildman–Crippen LogP) is 3.28.